The van der Waals surface area contributed by atoms with Gasteiger partial charge in [-0.15, -0.1) is 0 Å². The van der Waals surface area contributed by atoms with Crippen LogP contribution in [-0.4, -0.2) is 51.3 Å². The van der Waals surface area contributed by atoms with Gasteiger partial charge in [-0.1, -0.05) is 36.4 Å². The topological polar surface area (TPSA) is 136 Å². The quantitative estimate of drug-likeness (QED) is 0.261. The van der Waals surface area contributed by atoms with Crippen molar-refractivity contribution in [2.24, 2.45) is 0 Å². The van der Waals surface area contributed by atoms with Crippen LogP contribution in [0, 0.1) is 0 Å². The molecule has 0 fully saturated rings. The summed E-state index contributed by atoms with van der Waals surface area (Å²) in [5.74, 6) is -2.34. The number of para-hydroxylation sites is 2. The number of nitrogens with one attached hydrogen (secondary N) is 3. The van der Waals surface area contributed by atoms with Crippen molar-refractivity contribution < 1.29 is 28.7 Å². The predicted molar refractivity (Wildman–Crippen MR) is 144 cm³/mol. The number of hydrogen-bond acceptors (Lipinski definition) is 6. The fourth-order valence-corrected chi connectivity index (χ4v) is 4.24. The number of nitrogens with zero attached hydrogens (tertiary/aromatic N) is 2. The van der Waals surface area contributed by atoms with Crippen molar-refractivity contribution in [2.75, 3.05) is 24.1 Å². The van der Waals surface area contributed by atoms with Gasteiger partial charge < -0.3 is 14.5 Å². The number of esters is 2. The number of benzene rings is 2. The van der Waals surface area contributed by atoms with Crippen LogP contribution in [0.15, 0.2) is 72.8 Å². The number of carbonyl (C=O) groups is 4. The van der Waals surface area contributed by atoms with Gasteiger partial charge >= 0.3 is 11.9 Å². The summed E-state index contributed by atoms with van der Waals surface area (Å²) in [6.45, 7) is 3.75. The van der Waals surface area contributed by atoms with Gasteiger partial charge in [0.15, 0.2) is 0 Å². The van der Waals surface area contributed by atoms with Crippen molar-refractivity contribution >= 4 is 45.6 Å². The molecule has 0 unspecified atom stereocenters. The van der Waals surface area contributed by atoms with E-state index in [4.69, 9.17) is 9.47 Å². The van der Waals surface area contributed by atoms with Crippen molar-refractivity contribution in [1.82, 2.24) is 14.3 Å². The van der Waals surface area contributed by atoms with E-state index < -0.39 is 23.8 Å². The Hall–Kier alpha value is -5.32. The zero-order chi connectivity index (χ0) is 27.5. The van der Waals surface area contributed by atoms with E-state index in [1.807, 2.05) is 24.3 Å². The fourth-order valence-electron chi connectivity index (χ4n) is 4.24. The van der Waals surface area contributed by atoms with Crippen LogP contribution in [0.1, 0.15) is 55.8 Å². The van der Waals surface area contributed by atoms with Crippen molar-refractivity contribution in [3.05, 3.63) is 95.6 Å². The number of aromatic nitrogens is 3. The van der Waals surface area contributed by atoms with E-state index in [0.717, 1.165) is 10.8 Å². The maximum Gasteiger partial charge on any atom is 0.356 e. The first kappa shape index (κ1) is 25.3. The number of hydrogen-bond donors (Lipinski definition) is 3. The summed E-state index contributed by atoms with van der Waals surface area (Å²) < 4.78 is 13.0. The van der Waals surface area contributed by atoms with Crippen LogP contribution >= 0.6 is 0 Å². The first-order chi connectivity index (χ1) is 18.9. The second-order valence-electron chi connectivity index (χ2n) is 8.46. The number of aromatic amines is 1. The van der Waals surface area contributed by atoms with E-state index in [1.165, 1.54) is 21.5 Å². The number of fused-ring (bicyclic) bond motifs is 2. The molecule has 3 aromatic heterocycles. The molecule has 0 radical (unpaired) electrons. The first-order valence-electron chi connectivity index (χ1n) is 12.3. The maximum atomic E-state index is 13.1. The zero-order valence-electron chi connectivity index (χ0n) is 21.2. The second-order valence-corrected chi connectivity index (χ2v) is 8.46. The summed E-state index contributed by atoms with van der Waals surface area (Å²) in [4.78, 5) is 54.1. The molecule has 3 N–H and O–H groups in total. The molecule has 3 heterocycles. The van der Waals surface area contributed by atoms with E-state index in [-0.39, 0.29) is 36.0 Å². The average molecular weight is 528 g/mol. The highest BCUT2D eigenvalue weighted by Crippen LogP contribution is 2.21. The van der Waals surface area contributed by atoms with Crippen LogP contribution in [0.5, 0.6) is 0 Å². The van der Waals surface area contributed by atoms with Crippen LogP contribution in [-0.2, 0) is 9.47 Å². The molecule has 11 heteroatoms. The molecule has 2 aromatic carbocycles. The van der Waals surface area contributed by atoms with Gasteiger partial charge in [0, 0.05) is 10.8 Å². The number of H-pyrrole nitrogens is 1. The SMILES string of the molecule is CCOC(=O)c1cc2ccccc2n1NC(=O)c1ccc(C(=O)Nn2c(C(=O)OCC)cc3ccccc32)[nH]1. The Morgan fingerprint density at radius 2 is 1.08 bits per heavy atom. The number of rotatable bonds is 8. The molecule has 0 saturated heterocycles. The van der Waals surface area contributed by atoms with E-state index >= 15 is 0 Å². The van der Waals surface area contributed by atoms with Crippen molar-refractivity contribution in [3.8, 4) is 0 Å². The number of amides is 2. The minimum atomic E-state index is -0.586. The third-order valence-corrected chi connectivity index (χ3v) is 5.99. The lowest BCUT2D eigenvalue weighted by Gasteiger charge is -2.12. The summed E-state index contributed by atoms with van der Waals surface area (Å²) in [7, 11) is 0. The van der Waals surface area contributed by atoms with Crippen LogP contribution in [0.3, 0.4) is 0 Å². The molecule has 11 nitrogen and oxygen atoms in total. The van der Waals surface area contributed by atoms with Crippen molar-refractivity contribution in [3.63, 3.8) is 0 Å². The number of carbonyl (C=O) groups excluding carboxylic acids is 4. The number of ether oxygens (including phenoxy) is 2. The predicted octanol–water partition coefficient (Wildman–Crippen LogP) is 4.05. The molecule has 0 saturated carbocycles. The Kier molecular flexibility index (Phi) is 6.87. The Morgan fingerprint density at radius 3 is 1.49 bits per heavy atom. The fraction of sp³-hybridized carbons (Fsp3) is 0.143. The largest absolute Gasteiger partial charge is 0.461 e. The molecule has 0 bridgehead atoms. The van der Waals surface area contributed by atoms with Crippen LogP contribution in [0.4, 0.5) is 0 Å². The molecule has 0 aliphatic heterocycles. The Bertz CT molecular complexity index is 1600. The van der Waals surface area contributed by atoms with Gasteiger partial charge in [0.2, 0.25) is 0 Å². The maximum absolute atomic E-state index is 13.1. The summed E-state index contributed by atoms with van der Waals surface area (Å²) in [6, 6.07) is 20.5. The average Bonchev–Trinajstić information content (AvgIpc) is 3.66. The zero-order valence-corrected chi connectivity index (χ0v) is 21.2. The van der Waals surface area contributed by atoms with Crippen molar-refractivity contribution in [1.29, 1.82) is 0 Å². The molecular weight excluding hydrogens is 502 g/mol. The molecule has 39 heavy (non-hydrogen) atoms. The first-order valence-corrected chi connectivity index (χ1v) is 12.3. The molecule has 0 aliphatic carbocycles. The van der Waals surface area contributed by atoms with E-state index in [2.05, 4.69) is 15.8 Å². The summed E-state index contributed by atoms with van der Waals surface area (Å²) in [5.41, 5.74) is 7.06. The summed E-state index contributed by atoms with van der Waals surface area (Å²) in [5, 5.41) is 1.48. The highest BCUT2D eigenvalue weighted by Gasteiger charge is 2.22. The standard InChI is InChI=1S/C28H25N5O6/c1-3-38-27(36)23-15-17-9-5-7-11-21(17)32(23)30-25(34)19-13-14-20(29-19)26(35)31-33-22-12-8-6-10-18(22)16-24(33)28(37)39-4-2/h5-16,29H,3-4H2,1-2H3,(H,30,34)(H,31,35). The monoisotopic (exact) mass is 527 g/mol. The molecule has 198 valence electrons. The van der Waals surface area contributed by atoms with Gasteiger partial charge in [0.1, 0.15) is 22.8 Å². The molecule has 0 spiro atoms. The Labute approximate surface area is 222 Å². The molecule has 5 aromatic rings. The van der Waals surface area contributed by atoms with Gasteiger partial charge in [-0.25, -0.2) is 18.9 Å². The van der Waals surface area contributed by atoms with Crippen LogP contribution in [0.2, 0.25) is 0 Å². The van der Waals surface area contributed by atoms with Gasteiger partial charge in [-0.2, -0.15) is 0 Å². The van der Waals surface area contributed by atoms with Gasteiger partial charge in [0.05, 0.1) is 24.2 Å². The molecule has 2 amide bonds. The highest BCUT2D eigenvalue weighted by atomic mass is 16.5. The lowest BCUT2D eigenvalue weighted by Crippen LogP contribution is -2.28. The van der Waals surface area contributed by atoms with E-state index in [1.54, 1.807) is 50.2 Å². The minimum Gasteiger partial charge on any atom is -0.461 e. The lowest BCUT2D eigenvalue weighted by molar-refractivity contribution is 0.0506. The normalized spacial score (nSPS) is 10.9. The smallest absolute Gasteiger partial charge is 0.356 e. The third kappa shape index (κ3) is 4.85. The molecule has 0 atom stereocenters. The van der Waals surface area contributed by atoms with E-state index in [0.29, 0.717) is 11.0 Å². The van der Waals surface area contributed by atoms with E-state index in [9.17, 15) is 19.2 Å². The van der Waals surface area contributed by atoms with Crippen LogP contribution in [0.25, 0.3) is 21.8 Å². The second kappa shape index (κ2) is 10.6. The third-order valence-electron chi connectivity index (χ3n) is 5.99. The Morgan fingerprint density at radius 1 is 0.667 bits per heavy atom. The Balaban J connectivity index is 1.40. The highest BCUT2D eigenvalue weighted by molar-refractivity contribution is 6.06. The lowest BCUT2D eigenvalue weighted by atomic mass is 10.2. The van der Waals surface area contributed by atoms with Gasteiger partial charge in [-0.3, -0.25) is 20.4 Å². The van der Waals surface area contributed by atoms with Crippen molar-refractivity contribution in [2.45, 2.75) is 13.8 Å². The molecule has 0 aliphatic rings. The van der Waals surface area contributed by atoms with Crippen LogP contribution < -0.4 is 10.9 Å². The van der Waals surface area contributed by atoms with Gasteiger partial charge in [-0.05, 0) is 50.2 Å². The molecule has 5 rings (SSSR count). The summed E-state index contributed by atoms with van der Waals surface area (Å²) in [6.07, 6.45) is 0. The summed E-state index contributed by atoms with van der Waals surface area (Å²) >= 11 is 0. The molecular formula is C28H25N5O6. The van der Waals surface area contributed by atoms with Gasteiger partial charge in [0.25, 0.3) is 11.8 Å². The minimum absolute atomic E-state index is 0.0794.